The van der Waals surface area contributed by atoms with Gasteiger partial charge in [-0.3, -0.25) is 4.79 Å². The molecular formula is C15H22ClNO5. The summed E-state index contributed by atoms with van der Waals surface area (Å²) in [5.41, 5.74) is -2.42. The number of ether oxygens (including phenoxy) is 2. The predicted molar refractivity (Wildman–Crippen MR) is 78.3 cm³/mol. The van der Waals surface area contributed by atoms with Crippen LogP contribution in [0.3, 0.4) is 0 Å². The molecule has 0 spiro atoms. The summed E-state index contributed by atoms with van der Waals surface area (Å²) in [6.45, 7) is 4.25. The van der Waals surface area contributed by atoms with Crippen molar-refractivity contribution in [3.8, 4) is 0 Å². The van der Waals surface area contributed by atoms with Crippen LogP contribution >= 0.6 is 11.6 Å². The van der Waals surface area contributed by atoms with E-state index in [9.17, 15) is 14.7 Å². The second-order valence-electron chi connectivity index (χ2n) is 6.65. The Kier molecular flexibility index (Phi) is 3.90. The minimum Gasteiger partial charge on any atom is -0.453 e. The zero-order valence-corrected chi connectivity index (χ0v) is 13.6. The first-order valence-electron chi connectivity index (χ1n) is 7.79. The lowest BCUT2D eigenvalue weighted by atomic mass is 9.64. The molecule has 6 atom stereocenters. The lowest BCUT2D eigenvalue weighted by molar-refractivity contribution is -0.244. The minimum absolute atomic E-state index is 0.167. The number of hydrogen-bond acceptors (Lipinski definition) is 5. The van der Waals surface area contributed by atoms with Crippen molar-refractivity contribution in [3.63, 3.8) is 0 Å². The monoisotopic (exact) mass is 331 g/mol. The van der Waals surface area contributed by atoms with Crippen molar-refractivity contribution in [2.45, 2.75) is 56.5 Å². The van der Waals surface area contributed by atoms with Crippen molar-refractivity contribution in [1.29, 1.82) is 0 Å². The van der Waals surface area contributed by atoms with Crippen LogP contribution in [0.15, 0.2) is 0 Å². The van der Waals surface area contributed by atoms with Crippen molar-refractivity contribution < 1.29 is 24.2 Å². The van der Waals surface area contributed by atoms with Crippen LogP contribution in [0.4, 0.5) is 0 Å². The highest BCUT2D eigenvalue weighted by atomic mass is 35.5. The van der Waals surface area contributed by atoms with E-state index in [0.717, 1.165) is 12.8 Å². The number of nitrogens with one attached hydrogen (secondary N) is 1. The number of amides is 1. The molecule has 0 aromatic rings. The Hall–Kier alpha value is -0.850. The van der Waals surface area contributed by atoms with Gasteiger partial charge in [-0.1, -0.05) is 0 Å². The van der Waals surface area contributed by atoms with Crippen LogP contribution in [-0.4, -0.2) is 52.8 Å². The molecule has 3 heterocycles. The Balaban J connectivity index is 1.93. The fraction of sp³-hybridized carbons (Fsp3) is 0.867. The maximum atomic E-state index is 12.3. The smallest absolute Gasteiger partial charge is 0.339 e. The third kappa shape index (κ3) is 1.87. The summed E-state index contributed by atoms with van der Waals surface area (Å²) >= 11 is 5.78. The molecule has 3 aliphatic heterocycles. The minimum atomic E-state index is -1.37. The van der Waals surface area contributed by atoms with Gasteiger partial charge in [0, 0.05) is 18.4 Å². The van der Waals surface area contributed by atoms with Crippen LogP contribution in [0.2, 0.25) is 0 Å². The normalized spacial score (nSPS) is 45.5. The van der Waals surface area contributed by atoms with Crippen LogP contribution in [0.25, 0.3) is 0 Å². The molecule has 124 valence electrons. The first-order valence-corrected chi connectivity index (χ1v) is 8.33. The first kappa shape index (κ1) is 16.0. The predicted octanol–water partition coefficient (Wildman–Crippen LogP) is 0.592. The SMILES string of the molecule is CC1OCCC[C@@H]1[C@H](O)[C@@]12NC(=O)[C@H](CCCl)[C@]1(C)OC2=O. The third-order valence-corrected chi connectivity index (χ3v) is 5.84. The summed E-state index contributed by atoms with van der Waals surface area (Å²) in [6, 6.07) is 0. The molecule has 1 unspecified atom stereocenters. The number of halogens is 1. The van der Waals surface area contributed by atoms with Gasteiger partial charge in [-0.05, 0) is 33.1 Å². The van der Waals surface area contributed by atoms with E-state index in [1.54, 1.807) is 6.92 Å². The van der Waals surface area contributed by atoms with Gasteiger partial charge in [0.05, 0.1) is 18.1 Å². The highest BCUT2D eigenvalue weighted by Gasteiger charge is 2.79. The molecule has 3 aliphatic rings. The number of esters is 1. The van der Waals surface area contributed by atoms with Gasteiger partial charge in [-0.2, -0.15) is 0 Å². The fourth-order valence-corrected chi connectivity index (χ4v) is 4.47. The van der Waals surface area contributed by atoms with Gasteiger partial charge in [-0.25, -0.2) is 4.79 Å². The van der Waals surface area contributed by atoms with Crippen LogP contribution in [0.5, 0.6) is 0 Å². The second kappa shape index (κ2) is 5.35. The Morgan fingerprint density at radius 1 is 1.50 bits per heavy atom. The van der Waals surface area contributed by atoms with Gasteiger partial charge in [0.15, 0.2) is 5.60 Å². The molecule has 1 amide bonds. The van der Waals surface area contributed by atoms with E-state index in [1.165, 1.54) is 0 Å². The summed E-state index contributed by atoms with van der Waals surface area (Å²) in [4.78, 5) is 24.6. The average Bonchev–Trinajstić information content (AvgIpc) is 2.65. The largest absolute Gasteiger partial charge is 0.453 e. The number of hydrogen-bond donors (Lipinski definition) is 2. The molecule has 2 N–H and O–H groups in total. The van der Waals surface area contributed by atoms with Gasteiger partial charge >= 0.3 is 5.97 Å². The standard InChI is InChI=1S/C15H22ClNO5/c1-8-9(4-3-7-21-8)11(18)15-13(20)22-14(15,2)10(5-6-16)12(19)17-15/h8-11,18H,3-7H2,1-2H3,(H,17,19)/t8?,9-,10-,11-,14-,15-/m0/s1. The van der Waals surface area contributed by atoms with Crippen LogP contribution in [0, 0.1) is 11.8 Å². The summed E-state index contributed by atoms with van der Waals surface area (Å²) < 4.78 is 11.0. The lowest BCUT2D eigenvalue weighted by Crippen LogP contribution is -2.80. The first-order chi connectivity index (χ1) is 10.4. The van der Waals surface area contributed by atoms with E-state index in [-0.39, 0.29) is 17.9 Å². The zero-order chi connectivity index (χ0) is 16.1. The van der Waals surface area contributed by atoms with Crippen molar-refractivity contribution in [1.82, 2.24) is 5.32 Å². The number of carbonyl (C=O) groups excluding carboxylic acids is 2. The molecule has 3 fully saturated rings. The summed E-state index contributed by atoms with van der Waals surface area (Å²) in [5.74, 6) is -1.29. The Morgan fingerprint density at radius 2 is 2.23 bits per heavy atom. The maximum Gasteiger partial charge on any atom is 0.339 e. The van der Waals surface area contributed by atoms with Gasteiger partial charge < -0.3 is 19.9 Å². The molecule has 0 saturated carbocycles. The molecule has 22 heavy (non-hydrogen) atoms. The van der Waals surface area contributed by atoms with E-state index in [4.69, 9.17) is 21.1 Å². The quantitative estimate of drug-likeness (QED) is 0.582. The number of aliphatic hydroxyl groups is 1. The zero-order valence-electron chi connectivity index (χ0n) is 12.8. The molecular weight excluding hydrogens is 310 g/mol. The lowest BCUT2D eigenvalue weighted by Gasteiger charge is -2.55. The van der Waals surface area contributed by atoms with Crippen LogP contribution in [-0.2, 0) is 19.1 Å². The molecule has 0 aromatic carbocycles. The molecule has 3 rings (SSSR count). The number of aliphatic hydroxyl groups excluding tert-OH is 1. The van der Waals surface area contributed by atoms with E-state index in [2.05, 4.69) is 5.32 Å². The number of carbonyl (C=O) groups is 2. The summed E-state index contributed by atoms with van der Waals surface area (Å²) in [6.07, 6.45) is 0.789. The second-order valence-corrected chi connectivity index (χ2v) is 7.03. The maximum absolute atomic E-state index is 12.3. The van der Waals surface area contributed by atoms with E-state index in [0.29, 0.717) is 18.9 Å². The fourth-order valence-electron chi connectivity index (χ4n) is 4.25. The van der Waals surface area contributed by atoms with Crippen molar-refractivity contribution in [3.05, 3.63) is 0 Å². The van der Waals surface area contributed by atoms with Crippen molar-refractivity contribution in [2.24, 2.45) is 11.8 Å². The van der Waals surface area contributed by atoms with Crippen LogP contribution in [0.1, 0.15) is 33.1 Å². The highest BCUT2D eigenvalue weighted by molar-refractivity contribution is 6.18. The van der Waals surface area contributed by atoms with Gasteiger partial charge in [-0.15, -0.1) is 11.6 Å². The molecule has 6 nitrogen and oxygen atoms in total. The molecule has 0 bridgehead atoms. The number of rotatable bonds is 4. The third-order valence-electron chi connectivity index (χ3n) is 5.62. The molecule has 0 radical (unpaired) electrons. The summed E-state index contributed by atoms with van der Waals surface area (Å²) in [5, 5.41) is 13.7. The molecule has 7 heteroatoms. The Labute approximate surface area is 134 Å². The van der Waals surface area contributed by atoms with Gasteiger partial charge in [0.1, 0.15) is 0 Å². The molecule has 0 aliphatic carbocycles. The molecule has 3 saturated heterocycles. The van der Waals surface area contributed by atoms with Crippen molar-refractivity contribution >= 4 is 23.5 Å². The van der Waals surface area contributed by atoms with E-state index < -0.39 is 29.1 Å². The van der Waals surface area contributed by atoms with Gasteiger partial charge in [0.2, 0.25) is 11.4 Å². The molecule has 0 aromatic heterocycles. The van der Waals surface area contributed by atoms with Crippen LogP contribution < -0.4 is 5.32 Å². The Morgan fingerprint density at radius 3 is 2.82 bits per heavy atom. The van der Waals surface area contributed by atoms with Crippen molar-refractivity contribution in [2.75, 3.05) is 12.5 Å². The Bertz CT molecular complexity index is 500. The topological polar surface area (TPSA) is 84.9 Å². The van der Waals surface area contributed by atoms with Gasteiger partial charge in [0.25, 0.3) is 0 Å². The average molecular weight is 332 g/mol. The highest BCUT2D eigenvalue weighted by Crippen LogP contribution is 2.53. The number of alkyl halides is 1. The summed E-state index contributed by atoms with van der Waals surface area (Å²) in [7, 11) is 0. The van der Waals surface area contributed by atoms with E-state index >= 15 is 0 Å². The van der Waals surface area contributed by atoms with E-state index in [1.807, 2.05) is 6.92 Å². The number of fused-ring (bicyclic) bond motifs is 1.